The van der Waals surface area contributed by atoms with Crippen LogP contribution in [0.2, 0.25) is 36.3 Å². The summed E-state index contributed by atoms with van der Waals surface area (Å²) in [4.78, 5) is 27.6. The maximum atomic E-state index is 13.2. The molecule has 0 spiro atoms. The molecule has 0 N–H and O–H groups in total. The number of hydrogen-bond acceptors (Lipinski definition) is 5. The zero-order valence-corrected chi connectivity index (χ0v) is 27.6. The highest BCUT2D eigenvalue weighted by molar-refractivity contribution is 6.74. The van der Waals surface area contributed by atoms with Gasteiger partial charge in [0.1, 0.15) is 5.60 Å². The van der Waals surface area contributed by atoms with Crippen molar-refractivity contribution < 1.29 is 23.2 Å². The third kappa shape index (κ3) is 8.00. The van der Waals surface area contributed by atoms with Crippen molar-refractivity contribution >= 4 is 28.6 Å². The van der Waals surface area contributed by atoms with Crippen molar-refractivity contribution in [1.29, 1.82) is 0 Å². The lowest BCUT2D eigenvalue weighted by Crippen LogP contribution is -2.49. The summed E-state index contributed by atoms with van der Waals surface area (Å²) in [7, 11) is -3.94. The van der Waals surface area contributed by atoms with Crippen LogP contribution in [-0.4, -0.2) is 51.8 Å². The highest BCUT2D eigenvalue weighted by Crippen LogP contribution is 2.41. The Kier molecular flexibility index (Phi) is 9.39. The number of amides is 2. The number of carbonyl (C=O) groups excluding carboxylic acids is 2. The molecule has 0 radical (unpaired) electrons. The SMILES string of the molecule is CC(C)(C)OC(=O)N1C(=O)C[C@H](c2ccc(CO[Si](C)(C)C(C)(C)C)cc2)[C@H]1CO[Si](C)(C)C(C)(C)C. The van der Waals surface area contributed by atoms with Crippen LogP contribution in [0.4, 0.5) is 4.79 Å². The van der Waals surface area contributed by atoms with Crippen LogP contribution in [0.25, 0.3) is 0 Å². The lowest BCUT2D eigenvalue weighted by Gasteiger charge is -2.38. The quantitative estimate of drug-likeness (QED) is 0.324. The molecule has 1 heterocycles. The van der Waals surface area contributed by atoms with E-state index in [1.54, 1.807) is 0 Å². The molecule has 1 fully saturated rings. The molecule has 0 unspecified atom stereocenters. The van der Waals surface area contributed by atoms with Crippen LogP contribution in [0.15, 0.2) is 24.3 Å². The maximum Gasteiger partial charge on any atom is 0.417 e. The molecule has 2 rings (SSSR count). The number of hydrogen-bond donors (Lipinski definition) is 0. The molecular formula is C29H51NO5Si2. The fourth-order valence-electron chi connectivity index (χ4n) is 3.72. The van der Waals surface area contributed by atoms with Crippen molar-refractivity contribution in [2.45, 2.75) is 129 Å². The molecule has 1 aromatic carbocycles. The molecule has 8 heteroatoms. The largest absolute Gasteiger partial charge is 0.443 e. The van der Waals surface area contributed by atoms with E-state index in [4.69, 9.17) is 13.6 Å². The molecule has 1 saturated heterocycles. The van der Waals surface area contributed by atoms with Crippen LogP contribution >= 0.6 is 0 Å². The average Bonchev–Trinajstić information content (AvgIpc) is 3.04. The Morgan fingerprint density at radius 2 is 1.35 bits per heavy atom. The van der Waals surface area contributed by atoms with Crippen molar-refractivity contribution in [2.75, 3.05) is 6.61 Å². The topological polar surface area (TPSA) is 65.1 Å². The number of ether oxygens (including phenoxy) is 1. The van der Waals surface area contributed by atoms with Crippen molar-refractivity contribution in [3.63, 3.8) is 0 Å². The van der Waals surface area contributed by atoms with Crippen LogP contribution < -0.4 is 0 Å². The lowest BCUT2D eigenvalue weighted by molar-refractivity contribution is -0.128. The second-order valence-electron chi connectivity index (χ2n) is 14.5. The molecule has 1 aliphatic rings. The van der Waals surface area contributed by atoms with Crippen LogP contribution in [-0.2, 0) is 25.0 Å². The third-order valence-corrected chi connectivity index (χ3v) is 17.3. The van der Waals surface area contributed by atoms with Crippen LogP contribution in [0.3, 0.4) is 0 Å². The zero-order valence-electron chi connectivity index (χ0n) is 25.6. The molecule has 210 valence electrons. The number of rotatable bonds is 7. The minimum absolute atomic E-state index is 0.0215. The molecule has 37 heavy (non-hydrogen) atoms. The van der Waals surface area contributed by atoms with Gasteiger partial charge in [-0.2, -0.15) is 0 Å². The minimum Gasteiger partial charge on any atom is -0.443 e. The molecule has 0 bridgehead atoms. The third-order valence-electron chi connectivity index (χ3n) is 8.28. The van der Waals surface area contributed by atoms with Gasteiger partial charge in [0, 0.05) is 12.3 Å². The fourth-order valence-corrected chi connectivity index (χ4v) is 5.70. The average molecular weight is 550 g/mol. The molecule has 1 aromatic rings. The van der Waals surface area contributed by atoms with Gasteiger partial charge in [0.2, 0.25) is 5.91 Å². The smallest absolute Gasteiger partial charge is 0.417 e. The highest BCUT2D eigenvalue weighted by Gasteiger charge is 2.47. The summed E-state index contributed by atoms with van der Waals surface area (Å²) in [6.45, 7) is 28.5. The number of nitrogens with zero attached hydrogens (tertiary/aromatic N) is 1. The normalized spacial score (nSPS) is 19.9. The van der Waals surface area contributed by atoms with Crippen molar-refractivity contribution in [2.24, 2.45) is 0 Å². The monoisotopic (exact) mass is 549 g/mol. The number of likely N-dealkylation sites (tertiary alicyclic amines) is 1. The first-order valence-electron chi connectivity index (χ1n) is 13.5. The van der Waals surface area contributed by atoms with Gasteiger partial charge in [-0.3, -0.25) is 4.79 Å². The van der Waals surface area contributed by atoms with Crippen LogP contribution in [0, 0.1) is 0 Å². The highest BCUT2D eigenvalue weighted by atomic mass is 28.4. The van der Waals surface area contributed by atoms with Gasteiger partial charge in [-0.15, -0.1) is 0 Å². The van der Waals surface area contributed by atoms with E-state index in [1.165, 1.54) is 4.90 Å². The molecule has 0 aliphatic carbocycles. The molecule has 0 saturated carbocycles. The summed E-state index contributed by atoms with van der Waals surface area (Å²) in [6, 6.07) is 7.88. The second-order valence-corrected chi connectivity index (χ2v) is 24.1. The van der Waals surface area contributed by atoms with Gasteiger partial charge in [0.15, 0.2) is 16.6 Å². The second kappa shape index (κ2) is 10.9. The summed E-state index contributed by atoms with van der Waals surface area (Å²) in [5, 5.41) is 0.174. The van der Waals surface area contributed by atoms with Gasteiger partial charge >= 0.3 is 6.09 Å². The standard InChI is InChI=1S/C29H51NO5Si2/c1-27(2,3)35-26(32)30-24(20-34-37(12,13)29(7,8)9)23(18-25(30)31)22-16-14-21(15-17-22)19-33-36(10,11)28(4,5)6/h14-17,23-24H,18-20H2,1-13H3/t23-,24-/m1/s1. The zero-order chi connectivity index (χ0) is 28.6. The minimum atomic E-state index is -2.09. The van der Waals surface area contributed by atoms with E-state index >= 15 is 0 Å². The number of imide groups is 1. The van der Waals surface area contributed by atoms with E-state index in [9.17, 15) is 9.59 Å². The Labute approximate surface area is 227 Å². The summed E-state index contributed by atoms with van der Waals surface area (Å²) in [5.41, 5.74) is 1.45. The molecule has 6 nitrogen and oxygen atoms in total. The maximum absolute atomic E-state index is 13.2. The van der Waals surface area contributed by atoms with Gasteiger partial charge in [0.25, 0.3) is 0 Å². The fraction of sp³-hybridized carbons (Fsp3) is 0.724. The molecular weight excluding hydrogens is 498 g/mol. The Morgan fingerprint density at radius 3 is 1.81 bits per heavy atom. The lowest BCUT2D eigenvalue weighted by atomic mass is 9.91. The van der Waals surface area contributed by atoms with Crippen molar-refractivity contribution in [3.05, 3.63) is 35.4 Å². The molecule has 2 atom stereocenters. The number of benzene rings is 1. The van der Waals surface area contributed by atoms with Gasteiger partial charge in [-0.1, -0.05) is 65.8 Å². The van der Waals surface area contributed by atoms with Crippen molar-refractivity contribution in [3.8, 4) is 0 Å². The predicted molar refractivity (Wildman–Crippen MR) is 156 cm³/mol. The number of carbonyl (C=O) groups is 2. The summed E-state index contributed by atoms with van der Waals surface area (Å²) in [6.07, 6.45) is -0.340. The first kappa shape index (κ1) is 31.7. The molecule has 0 aromatic heterocycles. The predicted octanol–water partition coefficient (Wildman–Crippen LogP) is 7.85. The Morgan fingerprint density at radius 1 is 0.865 bits per heavy atom. The van der Waals surface area contributed by atoms with Crippen LogP contribution in [0.1, 0.15) is 85.8 Å². The first-order chi connectivity index (χ1) is 16.6. The van der Waals surface area contributed by atoms with Crippen LogP contribution in [0.5, 0.6) is 0 Å². The molecule has 2 amide bonds. The van der Waals surface area contributed by atoms with E-state index < -0.39 is 34.4 Å². The summed E-state index contributed by atoms with van der Waals surface area (Å²) < 4.78 is 18.6. The summed E-state index contributed by atoms with van der Waals surface area (Å²) >= 11 is 0. The van der Waals surface area contributed by atoms with E-state index in [0.717, 1.165) is 11.1 Å². The van der Waals surface area contributed by atoms with Gasteiger partial charge in [-0.05, 0) is 68.2 Å². The summed E-state index contributed by atoms with van der Waals surface area (Å²) in [5.74, 6) is -0.367. The van der Waals surface area contributed by atoms with Gasteiger partial charge in [-0.25, -0.2) is 9.69 Å². The van der Waals surface area contributed by atoms with Gasteiger partial charge < -0.3 is 13.6 Å². The van der Waals surface area contributed by atoms with E-state index in [-0.39, 0.29) is 28.3 Å². The van der Waals surface area contributed by atoms with E-state index in [0.29, 0.717) is 13.2 Å². The molecule has 1 aliphatic heterocycles. The Bertz CT molecular complexity index is 952. The Hall–Kier alpha value is -1.49. The van der Waals surface area contributed by atoms with E-state index in [2.05, 4.69) is 92.0 Å². The van der Waals surface area contributed by atoms with Gasteiger partial charge in [0.05, 0.1) is 19.3 Å². The van der Waals surface area contributed by atoms with E-state index in [1.807, 2.05) is 20.8 Å². The first-order valence-corrected chi connectivity index (χ1v) is 19.3. The Balaban J connectivity index is 2.30. The van der Waals surface area contributed by atoms with Crippen molar-refractivity contribution in [1.82, 2.24) is 4.90 Å².